The highest BCUT2D eigenvalue weighted by Crippen LogP contribution is 2.30. The third-order valence-electron chi connectivity index (χ3n) is 2.72. The number of benzene rings is 1. The molecule has 0 saturated heterocycles. The molecule has 0 aliphatic heterocycles. The first-order valence-electron chi connectivity index (χ1n) is 5.14. The summed E-state index contributed by atoms with van der Waals surface area (Å²) in [5.41, 5.74) is 5.12. The van der Waals surface area contributed by atoms with Gasteiger partial charge in [0.25, 0.3) is 5.66 Å². The van der Waals surface area contributed by atoms with Gasteiger partial charge in [-0.05, 0) is 11.6 Å². The molecule has 3 N–H and O–H groups in total. The lowest BCUT2D eigenvalue weighted by Gasteiger charge is -2.21. The molecule has 1 atom stereocenters. The van der Waals surface area contributed by atoms with Gasteiger partial charge < -0.3 is 5.11 Å². The summed E-state index contributed by atoms with van der Waals surface area (Å²) in [5.74, 6) is 0.0270. The van der Waals surface area contributed by atoms with Crippen LogP contribution in [0.15, 0.2) is 48.2 Å². The van der Waals surface area contributed by atoms with Crippen LogP contribution in [0.5, 0.6) is 0 Å². The summed E-state index contributed by atoms with van der Waals surface area (Å²) in [6, 6.07) is 8.95. The van der Waals surface area contributed by atoms with Crippen LogP contribution in [-0.2, 0) is 0 Å². The molecule has 0 bridgehead atoms. The van der Waals surface area contributed by atoms with Gasteiger partial charge in [0.15, 0.2) is 0 Å². The monoisotopic (exact) mass is 232 g/mol. The van der Waals surface area contributed by atoms with Crippen LogP contribution >= 0.6 is 0 Å². The van der Waals surface area contributed by atoms with Gasteiger partial charge >= 0.3 is 0 Å². The van der Waals surface area contributed by atoms with Gasteiger partial charge in [0.2, 0.25) is 0 Å². The molecule has 0 heterocycles. The van der Waals surface area contributed by atoms with Gasteiger partial charge in [-0.25, -0.2) is 0 Å². The Morgan fingerprint density at radius 1 is 1.35 bits per heavy atom. The molecular weight excluding hydrogens is 220 g/mol. The maximum atomic E-state index is 10.9. The molecule has 5 heteroatoms. The van der Waals surface area contributed by atoms with E-state index in [0.29, 0.717) is 11.1 Å². The van der Waals surface area contributed by atoms with Gasteiger partial charge in [-0.1, -0.05) is 30.3 Å². The van der Waals surface area contributed by atoms with Crippen LogP contribution in [0.25, 0.3) is 5.57 Å². The number of nitrogens with zero attached hydrogens (tertiary/aromatic N) is 1. The van der Waals surface area contributed by atoms with E-state index < -0.39 is 10.6 Å². The highest BCUT2D eigenvalue weighted by molar-refractivity contribution is 5.78. The lowest BCUT2D eigenvalue weighted by atomic mass is 9.92. The maximum absolute atomic E-state index is 10.9. The van der Waals surface area contributed by atoms with Crippen molar-refractivity contribution in [2.75, 3.05) is 0 Å². The fourth-order valence-electron chi connectivity index (χ4n) is 1.73. The van der Waals surface area contributed by atoms with Crippen molar-refractivity contribution in [3.05, 3.63) is 63.9 Å². The average Bonchev–Trinajstić information content (AvgIpc) is 2.33. The Hall–Kier alpha value is -2.14. The topological polar surface area (TPSA) is 89.4 Å². The number of aliphatic hydroxyl groups excluding tert-OH is 1. The lowest BCUT2D eigenvalue weighted by molar-refractivity contribution is -0.553. The van der Waals surface area contributed by atoms with E-state index in [4.69, 9.17) is 5.73 Å². The number of hydrogen-bond donors (Lipinski definition) is 2. The van der Waals surface area contributed by atoms with Crippen LogP contribution in [0.4, 0.5) is 0 Å². The molecule has 2 rings (SSSR count). The third kappa shape index (κ3) is 2.05. The van der Waals surface area contributed by atoms with Crippen molar-refractivity contribution in [2.24, 2.45) is 5.73 Å². The van der Waals surface area contributed by atoms with Crippen molar-refractivity contribution in [1.29, 1.82) is 0 Å². The smallest absolute Gasteiger partial charge is 0.296 e. The van der Waals surface area contributed by atoms with E-state index in [0.717, 1.165) is 0 Å². The van der Waals surface area contributed by atoms with Crippen molar-refractivity contribution in [1.82, 2.24) is 0 Å². The molecule has 1 aromatic carbocycles. The fourth-order valence-corrected chi connectivity index (χ4v) is 1.73. The minimum Gasteiger partial charge on any atom is -0.508 e. The first kappa shape index (κ1) is 11.3. The van der Waals surface area contributed by atoms with Gasteiger partial charge in [-0.3, -0.25) is 15.8 Å². The van der Waals surface area contributed by atoms with E-state index in [-0.39, 0.29) is 12.2 Å². The number of allylic oxidation sites excluding steroid dienone is 1. The van der Waals surface area contributed by atoms with Crippen LogP contribution in [0.3, 0.4) is 0 Å². The Morgan fingerprint density at radius 2 is 2.00 bits per heavy atom. The lowest BCUT2D eigenvalue weighted by Crippen LogP contribution is -2.46. The number of hydrogen-bond acceptors (Lipinski definition) is 4. The van der Waals surface area contributed by atoms with E-state index in [2.05, 4.69) is 0 Å². The maximum Gasteiger partial charge on any atom is 0.296 e. The van der Waals surface area contributed by atoms with Crippen molar-refractivity contribution >= 4 is 5.57 Å². The van der Waals surface area contributed by atoms with Gasteiger partial charge in [0, 0.05) is 16.6 Å². The summed E-state index contributed by atoms with van der Waals surface area (Å²) in [6.45, 7) is 0. The molecule has 0 amide bonds. The zero-order chi connectivity index (χ0) is 12.5. The second kappa shape index (κ2) is 4.03. The second-order valence-electron chi connectivity index (χ2n) is 3.97. The summed E-state index contributed by atoms with van der Waals surface area (Å²) in [4.78, 5) is 10.3. The highest BCUT2D eigenvalue weighted by atomic mass is 16.6. The standard InChI is InChI=1S/C12H12N2O3/c13-12(14(16)17)7-6-11(15)10(8-12)9-4-2-1-3-5-9/h1-6,8,15H,7,13H2. The Morgan fingerprint density at radius 3 is 2.59 bits per heavy atom. The molecule has 1 aliphatic rings. The van der Waals surface area contributed by atoms with Gasteiger partial charge in [-0.15, -0.1) is 0 Å². The molecule has 17 heavy (non-hydrogen) atoms. The van der Waals surface area contributed by atoms with Crippen molar-refractivity contribution in [2.45, 2.75) is 12.1 Å². The van der Waals surface area contributed by atoms with E-state index in [1.54, 1.807) is 24.3 Å². The minimum absolute atomic E-state index is 0.0117. The summed E-state index contributed by atoms with van der Waals surface area (Å²) in [5, 5.41) is 20.6. The van der Waals surface area contributed by atoms with Gasteiger partial charge in [-0.2, -0.15) is 0 Å². The van der Waals surface area contributed by atoms with Crippen LogP contribution in [-0.4, -0.2) is 15.7 Å². The number of nitro groups is 1. The summed E-state index contributed by atoms with van der Waals surface area (Å²) < 4.78 is 0. The molecule has 0 aromatic heterocycles. The number of rotatable bonds is 2. The zero-order valence-corrected chi connectivity index (χ0v) is 9.04. The molecule has 1 aliphatic carbocycles. The van der Waals surface area contributed by atoms with Crippen LogP contribution in [0.1, 0.15) is 12.0 Å². The average molecular weight is 232 g/mol. The van der Waals surface area contributed by atoms with E-state index in [1.807, 2.05) is 6.07 Å². The zero-order valence-electron chi connectivity index (χ0n) is 9.04. The predicted molar refractivity (Wildman–Crippen MR) is 63.7 cm³/mol. The summed E-state index contributed by atoms with van der Waals surface area (Å²) in [7, 11) is 0. The largest absolute Gasteiger partial charge is 0.508 e. The molecule has 1 unspecified atom stereocenters. The first-order valence-corrected chi connectivity index (χ1v) is 5.14. The van der Waals surface area contributed by atoms with Gasteiger partial charge in [0.1, 0.15) is 5.76 Å². The van der Waals surface area contributed by atoms with E-state index >= 15 is 0 Å². The Bertz CT molecular complexity index is 508. The molecule has 0 radical (unpaired) electrons. The number of aliphatic hydroxyl groups is 1. The fraction of sp³-hybridized carbons (Fsp3) is 0.167. The van der Waals surface area contributed by atoms with Crippen molar-refractivity contribution in [3.63, 3.8) is 0 Å². The molecular formula is C12H12N2O3. The Labute approximate surface area is 98.0 Å². The normalized spacial score (nSPS) is 23.8. The predicted octanol–water partition coefficient (Wildman–Crippen LogP) is 1.85. The van der Waals surface area contributed by atoms with Gasteiger partial charge in [0.05, 0.1) is 6.42 Å². The molecule has 1 aromatic rings. The quantitative estimate of drug-likeness (QED) is 0.462. The molecule has 88 valence electrons. The number of nitrogens with two attached hydrogens (primary N) is 1. The van der Waals surface area contributed by atoms with E-state index in [9.17, 15) is 15.2 Å². The van der Waals surface area contributed by atoms with Crippen molar-refractivity contribution in [3.8, 4) is 0 Å². The van der Waals surface area contributed by atoms with Crippen LogP contribution < -0.4 is 5.73 Å². The summed E-state index contributed by atoms with van der Waals surface area (Å²) in [6.07, 6.45) is 2.67. The van der Waals surface area contributed by atoms with Crippen LogP contribution in [0.2, 0.25) is 0 Å². The third-order valence-corrected chi connectivity index (χ3v) is 2.72. The second-order valence-corrected chi connectivity index (χ2v) is 3.97. The molecule has 5 nitrogen and oxygen atoms in total. The van der Waals surface area contributed by atoms with Crippen molar-refractivity contribution < 1.29 is 10.0 Å². The van der Waals surface area contributed by atoms with Crippen LogP contribution in [0, 0.1) is 10.1 Å². The van der Waals surface area contributed by atoms with E-state index in [1.165, 1.54) is 12.2 Å². The Kier molecular flexibility index (Phi) is 2.69. The highest BCUT2D eigenvalue weighted by Gasteiger charge is 2.38. The first-order chi connectivity index (χ1) is 8.03. The molecule has 0 saturated carbocycles. The SMILES string of the molecule is NC1([N+](=O)[O-])C=C(c2ccccc2)C(O)=CC1. The molecule has 0 spiro atoms. The molecule has 0 fully saturated rings. The summed E-state index contributed by atoms with van der Waals surface area (Å²) >= 11 is 0. The Balaban J connectivity index is 2.47. The minimum atomic E-state index is -1.64.